The second kappa shape index (κ2) is 6.53. The molecule has 6 heteroatoms. The van der Waals surface area contributed by atoms with Crippen LogP contribution in [0.5, 0.6) is 0 Å². The van der Waals surface area contributed by atoms with Crippen LogP contribution >= 0.6 is 27.5 Å². The largest absolute Gasteiger partial charge is 0.465 e. The Morgan fingerprint density at radius 2 is 2.04 bits per heavy atom. The molecular formula is C17H10BrClN2O2. The quantitative estimate of drug-likeness (QED) is 0.554. The van der Waals surface area contributed by atoms with E-state index in [0.717, 1.165) is 15.6 Å². The highest BCUT2D eigenvalue weighted by Crippen LogP contribution is 2.35. The summed E-state index contributed by atoms with van der Waals surface area (Å²) in [4.78, 5) is 20.2. The van der Waals surface area contributed by atoms with E-state index in [4.69, 9.17) is 16.3 Å². The number of aromatic nitrogens is 2. The fourth-order valence-corrected chi connectivity index (χ4v) is 2.85. The molecule has 0 aliphatic heterocycles. The van der Waals surface area contributed by atoms with Gasteiger partial charge in [0, 0.05) is 16.5 Å². The Morgan fingerprint density at radius 1 is 1.30 bits per heavy atom. The predicted octanol–water partition coefficient (Wildman–Crippen LogP) is 3.43. The van der Waals surface area contributed by atoms with E-state index in [0.29, 0.717) is 28.4 Å². The SMILES string of the molecule is COC(=O)C1=C(C#Cc2ncc(Cl)cn2)Cc2cc(Br)ccc21. The Labute approximate surface area is 146 Å². The van der Waals surface area contributed by atoms with Crippen molar-refractivity contribution in [3.05, 3.63) is 62.6 Å². The number of benzene rings is 1. The first-order valence-electron chi connectivity index (χ1n) is 6.68. The molecule has 0 unspecified atom stereocenters. The summed E-state index contributed by atoms with van der Waals surface area (Å²) in [6.45, 7) is 0. The number of hydrogen-bond donors (Lipinski definition) is 0. The minimum atomic E-state index is -0.396. The van der Waals surface area contributed by atoms with E-state index >= 15 is 0 Å². The van der Waals surface area contributed by atoms with Gasteiger partial charge < -0.3 is 4.74 Å². The summed E-state index contributed by atoms with van der Waals surface area (Å²) in [7, 11) is 1.36. The number of ether oxygens (including phenoxy) is 1. The van der Waals surface area contributed by atoms with Crippen molar-refractivity contribution in [3.8, 4) is 11.8 Å². The fraction of sp³-hybridized carbons (Fsp3) is 0.118. The third-order valence-corrected chi connectivity index (χ3v) is 4.03. The van der Waals surface area contributed by atoms with E-state index < -0.39 is 5.97 Å². The molecule has 1 aromatic carbocycles. The molecule has 0 atom stereocenters. The summed E-state index contributed by atoms with van der Waals surface area (Å²) >= 11 is 9.19. The van der Waals surface area contributed by atoms with Crippen molar-refractivity contribution in [1.82, 2.24) is 9.97 Å². The minimum Gasteiger partial charge on any atom is -0.465 e. The molecule has 0 saturated carbocycles. The number of nitrogens with zero attached hydrogens (tertiary/aromatic N) is 2. The number of methoxy groups -OCH3 is 1. The summed E-state index contributed by atoms with van der Waals surface area (Å²) in [5.41, 5.74) is 3.07. The molecule has 4 nitrogen and oxygen atoms in total. The molecule has 1 heterocycles. The van der Waals surface area contributed by atoms with Gasteiger partial charge in [-0.15, -0.1) is 0 Å². The van der Waals surface area contributed by atoms with Crippen LogP contribution in [0.4, 0.5) is 0 Å². The van der Waals surface area contributed by atoms with Gasteiger partial charge in [-0.1, -0.05) is 39.5 Å². The van der Waals surface area contributed by atoms with Crippen LogP contribution in [0.3, 0.4) is 0 Å². The van der Waals surface area contributed by atoms with Crippen molar-refractivity contribution in [2.45, 2.75) is 6.42 Å². The average Bonchev–Trinajstić information content (AvgIpc) is 2.91. The van der Waals surface area contributed by atoms with Crippen molar-refractivity contribution < 1.29 is 9.53 Å². The third kappa shape index (κ3) is 3.29. The summed E-state index contributed by atoms with van der Waals surface area (Å²) in [5.74, 6) is 5.81. The van der Waals surface area contributed by atoms with Gasteiger partial charge in [0.15, 0.2) is 0 Å². The lowest BCUT2D eigenvalue weighted by molar-refractivity contribution is -0.133. The normalized spacial score (nSPS) is 12.5. The number of rotatable bonds is 1. The molecule has 114 valence electrons. The number of fused-ring (bicyclic) bond motifs is 1. The maximum Gasteiger partial charge on any atom is 0.339 e. The number of carbonyl (C=O) groups excluding carboxylic acids is 1. The number of carbonyl (C=O) groups is 1. The number of esters is 1. The lowest BCUT2D eigenvalue weighted by Crippen LogP contribution is -2.04. The van der Waals surface area contributed by atoms with Crippen molar-refractivity contribution in [3.63, 3.8) is 0 Å². The van der Waals surface area contributed by atoms with Gasteiger partial charge in [0.2, 0.25) is 5.82 Å². The molecule has 1 aromatic heterocycles. The summed E-state index contributed by atoms with van der Waals surface area (Å²) in [6, 6.07) is 5.76. The van der Waals surface area contributed by atoms with E-state index in [2.05, 4.69) is 37.7 Å². The van der Waals surface area contributed by atoms with Crippen LogP contribution in [-0.2, 0) is 16.0 Å². The van der Waals surface area contributed by atoms with Crippen molar-refractivity contribution in [2.75, 3.05) is 7.11 Å². The molecule has 0 saturated heterocycles. The van der Waals surface area contributed by atoms with Crippen LogP contribution in [0.25, 0.3) is 5.57 Å². The first kappa shape index (κ1) is 15.7. The molecule has 0 bridgehead atoms. The van der Waals surface area contributed by atoms with Crippen LogP contribution in [0.15, 0.2) is 40.6 Å². The van der Waals surface area contributed by atoms with Gasteiger partial charge >= 0.3 is 5.97 Å². The van der Waals surface area contributed by atoms with Crippen LogP contribution in [0.1, 0.15) is 17.0 Å². The number of halogens is 2. The molecular weight excluding hydrogens is 380 g/mol. The Hall–Kier alpha value is -2.16. The van der Waals surface area contributed by atoms with Gasteiger partial charge in [0.05, 0.1) is 30.1 Å². The van der Waals surface area contributed by atoms with Gasteiger partial charge in [0.25, 0.3) is 0 Å². The van der Waals surface area contributed by atoms with E-state index in [9.17, 15) is 4.79 Å². The standard InChI is InChI=1S/C17H10BrClN2O2/c1-23-17(22)16-10(2-5-15-20-8-13(19)9-21-15)6-11-7-12(18)3-4-14(11)16/h3-4,7-9H,6H2,1H3. The minimum absolute atomic E-state index is 0.350. The fourth-order valence-electron chi connectivity index (χ4n) is 2.34. The maximum atomic E-state index is 12.1. The van der Waals surface area contributed by atoms with Crippen LogP contribution < -0.4 is 0 Å². The average molecular weight is 390 g/mol. The highest BCUT2D eigenvalue weighted by Gasteiger charge is 2.26. The first-order chi connectivity index (χ1) is 11.1. The van der Waals surface area contributed by atoms with Crippen LogP contribution in [0, 0.1) is 11.8 Å². The van der Waals surface area contributed by atoms with Gasteiger partial charge in [-0.3, -0.25) is 0 Å². The molecule has 2 aromatic rings. The van der Waals surface area contributed by atoms with Crippen LogP contribution in [0.2, 0.25) is 5.02 Å². The highest BCUT2D eigenvalue weighted by atomic mass is 79.9. The summed E-state index contributed by atoms with van der Waals surface area (Å²) in [5, 5.41) is 0.447. The number of allylic oxidation sites excluding steroid dienone is 1. The zero-order chi connectivity index (χ0) is 16.4. The topological polar surface area (TPSA) is 52.1 Å². The molecule has 1 aliphatic rings. The molecule has 3 rings (SSSR count). The molecule has 0 spiro atoms. The van der Waals surface area contributed by atoms with Gasteiger partial charge in [-0.25, -0.2) is 14.8 Å². The number of hydrogen-bond acceptors (Lipinski definition) is 4. The Morgan fingerprint density at radius 3 is 2.74 bits per heavy atom. The first-order valence-corrected chi connectivity index (χ1v) is 7.85. The summed E-state index contributed by atoms with van der Waals surface area (Å²) < 4.78 is 5.85. The lowest BCUT2D eigenvalue weighted by Gasteiger charge is -2.04. The van der Waals surface area contributed by atoms with E-state index in [-0.39, 0.29) is 0 Å². The highest BCUT2D eigenvalue weighted by molar-refractivity contribution is 9.10. The Balaban J connectivity index is 2.03. The molecule has 0 N–H and O–H groups in total. The zero-order valence-electron chi connectivity index (χ0n) is 12.1. The van der Waals surface area contributed by atoms with Gasteiger partial charge in [-0.05, 0) is 29.2 Å². The lowest BCUT2D eigenvalue weighted by atomic mass is 10.1. The molecule has 0 amide bonds. The zero-order valence-corrected chi connectivity index (χ0v) is 14.4. The molecule has 0 radical (unpaired) electrons. The molecule has 0 fully saturated rings. The smallest absolute Gasteiger partial charge is 0.339 e. The molecule has 1 aliphatic carbocycles. The van der Waals surface area contributed by atoms with Crippen molar-refractivity contribution >= 4 is 39.1 Å². The van der Waals surface area contributed by atoms with E-state index in [1.54, 1.807) is 0 Å². The van der Waals surface area contributed by atoms with Crippen LogP contribution in [-0.4, -0.2) is 23.0 Å². The molecule has 23 heavy (non-hydrogen) atoms. The van der Waals surface area contributed by atoms with Gasteiger partial charge in [0.1, 0.15) is 0 Å². The van der Waals surface area contributed by atoms with Crippen molar-refractivity contribution in [2.24, 2.45) is 0 Å². The second-order valence-electron chi connectivity index (χ2n) is 4.80. The van der Waals surface area contributed by atoms with E-state index in [1.807, 2.05) is 18.2 Å². The maximum absolute atomic E-state index is 12.1. The van der Waals surface area contributed by atoms with Crippen molar-refractivity contribution in [1.29, 1.82) is 0 Å². The third-order valence-electron chi connectivity index (χ3n) is 3.34. The predicted molar refractivity (Wildman–Crippen MR) is 90.7 cm³/mol. The second-order valence-corrected chi connectivity index (χ2v) is 6.15. The summed E-state index contributed by atoms with van der Waals surface area (Å²) in [6.07, 6.45) is 3.53. The van der Waals surface area contributed by atoms with Gasteiger partial charge in [-0.2, -0.15) is 0 Å². The monoisotopic (exact) mass is 388 g/mol. The Bertz CT molecular complexity index is 880. The Kier molecular flexibility index (Phi) is 4.46. The van der Waals surface area contributed by atoms with E-state index in [1.165, 1.54) is 19.5 Å².